The molecule has 1 aromatic heterocycles. The van der Waals surface area contributed by atoms with Crippen molar-refractivity contribution in [1.82, 2.24) is 20.5 Å². The molecular weight excluding hydrogens is 528 g/mol. The molecule has 3 rings (SSSR count). The fraction of sp³-hybridized carbons (Fsp3) is 0.524. The lowest BCUT2D eigenvalue weighted by Gasteiger charge is -2.36. The molecule has 7 nitrogen and oxygen atoms in total. The van der Waals surface area contributed by atoms with E-state index in [2.05, 4.69) is 35.8 Å². The van der Waals surface area contributed by atoms with Crippen LogP contribution < -0.4 is 20.4 Å². The zero-order valence-corrected chi connectivity index (χ0v) is 21.6. The Balaban J connectivity index is 0.00000341. The minimum Gasteiger partial charge on any atom is -0.367 e. The van der Waals surface area contributed by atoms with Gasteiger partial charge in [0.1, 0.15) is 5.82 Å². The van der Waals surface area contributed by atoms with Gasteiger partial charge in [-0.25, -0.2) is 9.37 Å². The van der Waals surface area contributed by atoms with Crippen LogP contribution in [0.25, 0.3) is 0 Å². The molecule has 1 aromatic carbocycles. The Morgan fingerprint density at radius 3 is 2.58 bits per heavy atom. The molecule has 2 aromatic rings. The highest BCUT2D eigenvalue weighted by Gasteiger charge is 2.18. The van der Waals surface area contributed by atoms with Crippen LogP contribution in [0.1, 0.15) is 12.1 Å². The summed E-state index contributed by atoms with van der Waals surface area (Å²) in [5.74, 6) is 0.656. The van der Waals surface area contributed by atoms with E-state index in [9.17, 15) is 4.39 Å². The van der Waals surface area contributed by atoms with Crippen LogP contribution in [0.3, 0.4) is 0 Å². The molecule has 0 saturated carbocycles. The Kier molecular flexibility index (Phi) is 10.7. The van der Waals surface area contributed by atoms with E-state index in [0.29, 0.717) is 12.2 Å². The second kappa shape index (κ2) is 13.0. The zero-order valence-electron chi connectivity index (χ0n) is 18.5. The number of nitrogens with one attached hydrogen (secondary N) is 2. The number of thiazole rings is 1. The van der Waals surface area contributed by atoms with Crippen molar-refractivity contribution < 1.29 is 4.39 Å². The van der Waals surface area contributed by atoms with Gasteiger partial charge in [0.25, 0.3) is 0 Å². The lowest BCUT2D eigenvalue weighted by atomic mass is 10.2. The van der Waals surface area contributed by atoms with Crippen LogP contribution in [-0.2, 0) is 6.54 Å². The number of nitrogens with zero attached hydrogens (tertiary/aromatic N) is 5. The molecule has 0 aliphatic carbocycles. The van der Waals surface area contributed by atoms with Gasteiger partial charge in [-0.1, -0.05) is 12.1 Å². The second-order valence-corrected chi connectivity index (χ2v) is 8.34. The standard InChI is InChI=1S/C21H32FN7S.HI/c1-23-20(25-15-17-16-30-21(26-17)27(2)3)24-9-6-10-28-11-13-29(14-12-28)19-8-5-4-7-18(19)22;/h4-5,7-8,16H,6,9-15H2,1-3H3,(H2,23,24,25);1H. The van der Waals surface area contributed by atoms with E-state index in [0.717, 1.165) is 62.5 Å². The van der Waals surface area contributed by atoms with Crippen molar-refractivity contribution in [2.45, 2.75) is 13.0 Å². The van der Waals surface area contributed by atoms with Gasteiger partial charge in [0.05, 0.1) is 17.9 Å². The first-order valence-electron chi connectivity index (χ1n) is 10.3. The molecule has 2 heterocycles. The second-order valence-electron chi connectivity index (χ2n) is 7.50. The molecule has 1 fully saturated rings. The molecule has 2 N–H and O–H groups in total. The first-order valence-corrected chi connectivity index (χ1v) is 11.2. The van der Waals surface area contributed by atoms with Crippen molar-refractivity contribution in [3.05, 3.63) is 41.2 Å². The molecule has 0 unspecified atom stereocenters. The predicted octanol–water partition coefficient (Wildman–Crippen LogP) is 2.84. The maximum atomic E-state index is 14.0. The number of halogens is 2. The normalized spacial score (nSPS) is 14.8. The number of guanidine groups is 1. The topological polar surface area (TPSA) is 59.0 Å². The fourth-order valence-electron chi connectivity index (χ4n) is 3.41. The summed E-state index contributed by atoms with van der Waals surface area (Å²) in [6.45, 7) is 6.17. The Bertz CT molecular complexity index is 822. The minimum atomic E-state index is -0.135. The number of aromatic nitrogens is 1. The van der Waals surface area contributed by atoms with Gasteiger partial charge in [-0.15, -0.1) is 35.3 Å². The van der Waals surface area contributed by atoms with Crippen molar-refractivity contribution in [2.24, 2.45) is 4.99 Å². The number of anilines is 2. The summed E-state index contributed by atoms with van der Waals surface area (Å²) >= 11 is 1.64. The number of hydrogen-bond acceptors (Lipinski definition) is 6. The van der Waals surface area contributed by atoms with E-state index in [-0.39, 0.29) is 29.8 Å². The van der Waals surface area contributed by atoms with E-state index in [1.165, 1.54) is 6.07 Å². The van der Waals surface area contributed by atoms with Crippen LogP contribution in [-0.4, -0.2) is 76.3 Å². The summed E-state index contributed by atoms with van der Waals surface area (Å²) in [7, 11) is 5.77. The summed E-state index contributed by atoms with van der Waals surface area (Å²) in [5.41, 5.74) is 1.73. The Morgan fingerprint density at radius 1 is 1.19 bits per heavy atom. The van der Waals surface area contributed by atoms with Crippen LogP contribution in [0.2, 0.25) is 0 Å². The molecule has 1 aliphatic heterocycles. The van der Waals surface area contributed by atoms with Gasteiger partial charge < -0.3 is 20.4 Å². The maximum absolute atomic E-state index is 14.0. The number of rotatable bonds is 8. The monoisotopic (exact) mass is 561 g/mol. The lowest BCUT2D eigenvalue weighted by molar-refractivity contribution is 0.254. The number of para-hydroxylation sites is 1. The first kappa shape index (κ1) is 25.6. The van der Waals surface area contributed by atoms with Crippen LogP contribution in [0.4, 0.5) is 15.2 Å². The van der Waals surface area contributed by atoms with Gasteiger partial charge in [-0.2, -0.15) is 0 Å². The third kappa shape index (κ3) is 7.76. The highest BCUT2D eigenvalue weighted by molar-refractivity contribution is 14.0. The van der Waals surface area contributed by atoms with Gasteiger partial charge in [0.15, 0.2) is 11.1 Å². The minimum absolute atomic E-state index is 0. The van der Waals surface area contributed by atoms with Gasteiger partial charge in [-0.05, 0) is 25.1 Å². The molecule has 1 aliphatic rings. The Hall–Kier alpha value is -1.66. The molecule has 31 heavy (non-hydrogen) atoms. The molecule has 0 radical (unpaired) electrons. The average Bonchev–Trinajstić information content (AvgIpc) is 3.24. The van der Waals surface area contributed by atoms with Gasteiger partial charge in [0.2, 0.25) is 0 Å². The smallest absolute Gasteiger partial charge is 0.191 e. The largest absolute Gasteiger partial charge is 0.367 e. The number of hydrogen-bond donors (Lipinski definition) is 2. The molecule has 10 heteroatoms. The highest BCUT2D eigenvalue weighted by atomic mass is 127. The summed E-state index contributed by atoms with van der Waals surface area (Å²) in [5, 5.41) is 9.75. The molecule has 0 atom stereocenters. The van der Waals surface area contributed by atoms with Crippen LogP contribution in [0, 0.1) is 5.82 Å². The lowest BCUT2D eigenvalue weighted by Crippen LogP contribution is -2.47. The quantitative estimate of drug-likeness (QED) is 0.224. The number of benzene rings is 1. The Labute approximate surface area is 205 Å². The molecule has 1 saturated heterocycles. The van der Waals surface area contributed by atoms with Crippen LogP contribution >= 0.6 is 35.3 Å². The Morgan fingerprint density at radius 2 is 1.94 bits per heavy atom. The van der Waals surface area contributed by atoms with E-state index >= 15 is 0 Å². The highest BCUT2D eigenvalue weighted by Crippen LogP contribution is 2.20. The SMILES string of the molecule is CN=C(NCCCN1CCN(c2ccccc2F)CC1)NCc1csc(N(C)C)n1.I. The van der Waals surface area contributed by atoms with Crippen molar-refractivity contribution in [3.8, 4) is 0 Å². The summed E-state index contributed by atoms with van der Waals surface area (Å²) in [6, 6.07) is 7.03. The van der Waals surface area contributed by atoms with Crippen molar-refractivity contribution >= 4 is 52.1 Å². The average molecular weight is 562 g/mol. The third-order valence-corrected chi connectivity index (χ3v) is 6.15. The van der Waals surface area contributed by atoms with Crippen molar-refractivity contribution in [3.63, 3.8) is 0 Å². The molecule has 0 amide bonds. The van der Waals surface area contributed by atoms with Gasteiger partial charge in [-0.3, -0.25) is 9.89 Å². The molecule has 0 spiro atoms. The number of aliphatic imine (C=N–C) groups is 1. The first-order chi connectivity index (χ1) is 14.6. The molecule has 172 valence electrons. The van der Waals surface area contributed by atoms with Gasteiger partial charge >= 0.3 is 0 Å². The van der Waals surface area contributed by atoms with E-state index in [1.807, 2.05) is 31.1 Å². The number of piperazine rings is 1. The third-order valence-electron chi connectivity index (χ3n) is 5.09. The summed E-state index contributed by atoms with van der Waals surface area (Å²) < 4.78 is 14.0. The fourth-order valence-corrected chi connectivity index (χ4v) is 4.17. The molecular formula is C21H33FIN7S. The zero-order chi connectivity index (χ0) is 21.3. The van der Waals surface area contributed by atoms with Crippen LogP contribution in [0.15, 0.2) is 34.6 Å². The van der Waals surface area contributed by atoms with Gasteiger partial charge in [0, 0.05) is 59.2 Å². The van der Waals surface area contributed by atoms with E-state index in [1.54, 1.807) is 24.5 Å². The molecule has 0 bridgehead atoms. The van der Waals surface area contributed by atoms with Crippen molar-refractivity contribution in [2.75, 3.05) is 70.2 Å². The maximum Gasteiger partial charge on any atom is 0.191 e. The van der Waals surface area contributed by atoms with Crippen LogP contribution in [0.5, 0.6) is 0 Å². The van der Waals surface area contributed by atoms with E-state index in [4.69, 9.17) is 0 Å². The predicted molar refractivity (Wildman–Crippen MR) is 140 cm³/mol. The summed E-state index contributed by atoms with van der Waals surface area (Å²) in [6.07, 6.45) is 1.03. The van der Waals surface area contributed by atoms with E-state index < -0.39 is 0 Å². The van der Waals surface area contributed by atoms with Crippen molar-refractivity contribution in [1.29, 1.82) is 0 Å². The summed E-state index contributed by atoms with van der Waals surface area (Å²) in [4.78, 5) is 15.4.